The van der Waals surface area contributed by atoms with E-state index in [-0.39, 0.29) is 5.60 Å². The number of hydrogen-bond acceptors (Lipinski definition) is 2. The van der Waals surface area contributed by atoms with E-state index in [1.807, 2.05) is 32.0 Å². The lowest BCUT2D eigenvalue weighted by Crippen LogP contribution is -2.06. The van der Waals surface area contributed by atoms with Gasteiger partial charge in [0.05, 0.1) is 13.2 Å². The summed E-state index contributed by atoms with van der Waals surface area (Å²) < 4.78 is 10.9. The topological polar surface area (TPSA) is 21.8 Å². The molecule has 1 unspecified atom stereocenters. The summed E-state index contributed by atoms with van der Waals surface area (Å²) in [6.45, 7) is 5.41. The van der Waals surface area contributed by atoms with Crippen molar-refractivity contribution in [3.05, 3.63) is 28.8 Å². The Labute approximate surface area is 88.8 Å². The van der Waals surface area contributed by atoms with Crippen molar-refractivity contribution in [3.63, 3.8) is 0 Å². The molecule has 0 amide bonds. The molecule has 1 saturated heterocycles. The first-order valence-electron chi connectivity index (χ1n) is 4.72. The van der Waals surface area contributed by atoms with Gasteiger partial charge in [0.25, 0.3) is 0 Å². The molecule has 3 heteroatoms. The number of rotatable bonds is 3. The number of hydrogen-bond donors (Lipinski definition) is 0. The zero-order valence-corrected chi connectivity index (χ0v) is 9.10. The third kappa shape index (κ3) is 1.72. The van der Waals surface area contributed by atoms with Gasteiger partial charge in [-0.15, -0.1) is 0 Å². The molecule has 1 atom stereocenters. The van der Waals surface area contributed by atoms with Crippen molar-refractivity contribution in [2.24, 2.45) is 0 Å². The highest BCUT2D eigenvalue weighted by atomic mass is 35.5. The average Bonchev–Trinajstić information content (AvgIpc) is 2.89. The summed E-state index contributed by atoms with van der Waals surface area (Å²) >= 11 is 5.94. The van der Waals surface area contributed by atoms with Crippen molar-refractivity contribution in [2.45, 2.75) is 19.4 Å². The van der Waals surface area contributed by atoms with Crippen molar-refractivity contribution in [2.75, 3.05) is 13.2 Å². The first kappa shape index (κ1) is 9.81. The van der Waals surface area contributed by atoms with E-state index in [9.17, 15) is 0 Å². The van der Waals surface area contributed by atoms with Crippen molar-refractivity contribution in [3.8, 4) is 5.75 Å². The number of ether oxygens (including phenoxy) is 2. The molecule has 76 valence electrons. The minimum atomic E-state index is -0.185. The summed E-state index contributed by atoms with van der Waals surface area (Å²) in [5.74, 6) is 0.872. The molecule has 1 aromatic carbocycles. The summed E-state index contributed by atoms with van der Waals surface area (Å²) in [6.07, 6.45) is 0. The second kappa shape index (κ2) is 3.44. The van der Waals surface area contributed by atoms with Gasteiger partial charge in [0, 0.05) is 10.6 Å². The molecule has 0 bridgehead atoms. The van der Waals surface area contributed by atoms with Gasteiger partial charge >= 0.3 is 0 Å². The quantitative estimate of drug-likeness (QED) is 0.719. The molecule has 1 fully saturated rings. The third-order valence-electron chi connectivity index (χ3n) is 2.39. The maximum atomic E-state index is 5.94. The van der Waals surface area contributed by atoms with Crippen LogP contribution in [0.25, 0.3) is 0 Å². The highest BCUT2D eigenvalue weighted by molar-refractivity contribution is 6.30. The fourth-order valence-electron chi connectivity index (χ4n) is 1.46. The summed E-state index contributed by atoms with van der Waals surface area (Å²) in [5, 5.41) is 0.722. The Kier molecular flexibility index (Phi) is 2.41. The Hall–Kier alpha value is -0.730. The van der Waals surface area contributed by atoms with E-state index < -0.39 is 0 Å². The maximum absolute atomic E-state index is 5.94. The van der Waals surface area contributed by atoms with Gasteiger partial charge < -0.3 is 9.47 Å². The van der Waals surface area contributed by atoms with Gasteiger partial charge in [0.15, 0.2) is 0 Å². The monoisotopic (exact) mass is 212 g/mol. The SMILES string of the molecule is CCOc1ccc(Cl)cc1C1(C)CO1. The smallest absolute Gasteiger partial charge is 0.125 e. The van der Waals surface area contributed by atoms with E-state index in [1.165, 1.54) is 0 Å². The standard InChI is InChI=1S/C11H13ClO2/c1-3-13-10-5-4-8(12)6-9(10)11(2)7-14-11/h4-6H,3,7H2,1-2H3. The molecule has 0 aromatic heterocycles. The van der Waals surface area contributed by atoms with Gasteiger partial charge in [-0.05, 0) is 32.0 Å². The van der Waals surface area contributed by atoms with Crippen molar-refractivity contribution < 1.29 is 9.47 Å². The summed E-state index contributed by atoms with van der Waals surface area (Å²) in [4.78, 5) is 0. The van der Waals surface area contributed by atoms with Crippen LogP contribution < -0.4 is 4.74 Å². The molecule has 0 radical (unpaired) electrons. The van der Waals surface area contributed by atoms with Crippen LogP contribution in [0.5, 0.6) is 5.75 Å². The molecule has 1 aliphatic rings. The Morgan fingerprint density at radius 2 is 2.29 bits per heavy atom. The lowest BCUT2D eigenvalue weighted by molar-refractivity contribution is 0.299. The number of epoxide rings is 1. The molecular formula is C11H13ClO2. The van der Waals surface area contributed by atoms with Crippen LogP contribution in [0.2, 0.25) is 5.02 Å². The molecule has 0 N–H and O–H groups in total. The lowest BCUT2D eigenvalue weighted by atomic mass is 10.0. The number of benzene rings is 1. The second-order valence-corrected chi connectivity index (χ2v) is 4.03. The summed E-state index contributed by atoms with van der Waals surface area (Å²) in [5.41, 5.74) is 0.863. The van der Waals surface area contributed by atoms with Crippen LogP contribution in [0.3, 0.4) is 0 Å². The molecule has 2 nitrogen and oxygen atoms in total. The van der Waals surface area contributed by atoms with Gasteiger partial charge in [-0.25, -0.2) is 0 Å². The zero-order valence-electron chi connectivity index (χ0n) is 8.34. The van der Waals surface area contributed by atoms with Crippen LogP contribution in [0.15, 0.2) is 18.2 Å². The maximum Gasteiger partial charge on any atom is 0.125 e. The first-order valence-corrected chi connectivity index (χ1v) is 5.10. The lowest BCUT2D eigenvalue weighted by Gasteiger charge is -2.13. The Morgan fingerprint density at radius 3 is 2.86 bits per heavy atom. The van der Waals surface area contributed by atoms with Crippen LogP contribution in [0.1, 0.15) is 19.4 Å². The van der Waals surface area contributed by atoms with Gasteiger partial charge in [-0.2, -0.15) is 0 Å². The average molecular weight is 213 g/mol. The van der Waals surface area contributed by atoms with E-state index in [1.54, 1.807) is 0 Å². The van der Waals surface area contributed by atoms with E-state index in [0.717, 1.165) is 22.9 Å². The van der Waals surface area contributed by atoms with E-state index >= 15 is 0 Å². The third-order valence-corrected chi connectivity index (χ3v) is 2.62. The molecule has 14 heavy (non-hydrogen) atoms. The predicted molar refractivity (Wildman–Crippen MR) is 55.9 cm³/mol. The fourth-order valence-corrected chi connectivity index (χ4v) is 1.63. The van der Waals surface area contributed by atoms with Crippen molar-refractivity contribution in [1.29, 1.82) is 0 Å². The molecule has 1 aromatic rings. The molecule has 0 spiro atoms. The van der Waals surface area contributed by atoms with Crippen molar-refractivity contribution in [1.82, 2.24) is 0 Å². The minimum absolute atomic E-state index is 0.185. The fraction of sp³-hybridized carbons (Fsp3) is 0.455. The molecule has 1 heterocycles. The van der Waals surface area contributed by atoms with Gasteiger partial charge in [0.1, 0.15) is 11.4 Å². The number of halogens is 1. The van der Waals surface area contributed by atoms with E-state index in [2.05, 4.69) is 0 Å². The largest absolute Gasteiger partial charge is 0.493 e. The van der Waals surface area contributed by atoms with Crippen molar-refractivity contribution >= 4 is 11.6 Å². The molecule has 0 saturated carbocycles. The Balaban J connectivity index is 2.38. The van der Waals surface area contributed by atoms with Crippen LogP contribution >= 0.6 is 11.6 Å². The molecule has 1 aliphatic heterocycles. The summed E-state index contributed by atoms with van der Waals surface area (Å²) in [6, 6.07) is 5.65. The van der Waals surface area contributed by atoms with Gasteiger partial charge in [-0.3, -0.25) is 0 Å². The van der Waals surface area contributed by atoms with Gasteiger partial charge in [-0.1, -0.05) is 11.6 Å². The van der Waals surface area contributed by atoms with Crippen LogP contribution in [0.4, 0.5) is 0 Å². The van der Waals surface area contributed by atoms with E-state index in [0.29, 0.717) is 6.61 Å². The van der Waals surface area contributed by atoms with E-state index in [4.69, 9.17) is 21.1 Å². The highest BCUT2D eigenvalue weighted by Crippen LogP contribution is 2.43. The van der Waals surface area contributed by atoms with Crippen LogP contribution in [0, 0.1) is 0 Å². The highest BCUT2D eigenvalue weighted by Gasteiger charge is 2.43. The van der Waals surface area contributed by atoms with Crippen LogP contribution in [-0.4, -0.2) is 13.2 Å². The second-order valence-electron chi connectivity index (χ2n) is 3.59. The predicted octanol–water partition coefficient (Wildman–Crippen LogP) is 2.98. The minimum Gasteiger partial charge on any atom is -0.493 e. The Morgan fingerprint density at radius 1 is 1.57 bits per heavy atom. The van der Waals surface area contributed by atoms with Crippen LogP contribution in [-0.2, 0) is 10.3 Å². The normalized spacial score (nSPS) is 24.8. The zero-order chi connectivity index (χ0) is 10.2. The molecule has 2 rings (SSSR count). The Bertz CT molecular complexity index is 345. The first-order chi connectivity index (χ1) is 6.65. The molecule has 0 aliphatic carbocycles. The summed E-state index contributed by atoms with van der Waals surface area (Å²) in [7, 11) is 0. The van der Waals surface area contributed by atoms with Gasteiger partial charge in [0.2, 0.25) is 0 Å². The molecular weight excluding hydrogens is 200 g/mol.